The Morgan fingerprint density at radius 2 is 1.74 bits per heavy atom. The molecule has 0 spiro atoms. The highest BCUT2D eigenvalue weighted by Gasteiger charge is 2.22. The molecule has 0 aliphatic carbocycles. The van der Waals surface area contributed by atoms with Crippen molar-refractivity contribution in [3.63, 3.8) is 0 Å². The summed E-state index contributed by atoms with van der Waals surface area (Å²) in [4.78, 5) is 26.5. The van der Waals surface area contributed by atoms with Gasteiger partial charge in [-0.2, -0.15) is 0 Å². The topological polar surface area (TPSA) is 58.6 Å². The minimum Gasteiger partial charge on any atom is -0.410 e. The number of carbonyl (C=O) groups excluding carboxylic acids is 1. The molecule has 0 N–H and O–H groups in total. The van der Waals surface area contributed by atoms with Crippen molar-refractivity contribution in [2.24, 2.45) is 0 Å². The molecule has 1 saturated heterocycles. The summed E-state index contributed by atoms with van der Waals surface area (Å²) in [5, 5.41) is 0. The molecule has 7 heteroatoms. The molecule has 34 heavy (non-hydrogen) atoms. The molecule has 0 bridgehead atoms. The van der Waals surface area contributed by atoms with E-state index in [-0.39, 0.29) is 6.09 Å². The highest BCUT2D eigenvalue weighted by Crippen LogP contribution is 2.20. The molecule has 1 fully saturated rings. The van der Waals surface area contributed by atoms with E-state index < -0.39 is 0 Å². The summed E-state index contributed by atoms with van der Waals surface area (Å²) < 4.78 is 5.61. The second kappa shape index (κ2) is 12.5. The Bertz CT molecular complexity index is 1020. The van der Waals surface area contributed by atoms with Gasteiger partial charge in [0, 0.05) is 61.1 Å². The van der Waals surface area contributed by atoms with Crippen LogP contribution in [0.3, 0.4) is 0 Å². The van der Waals surface area contributed by atoms with Gasteiger partial charge in [-0.3, -0.25) is 14.9 Å². The van der Waals surface area contributed by atoms with E-state index >= 15 is 0 Å². The second-order valence-corrected chi connectivity index (χ2v) is 9.72. The van der Waals surface area contributed by atoms with Crippen LogP contribution in [0.1, 0.15) is 23.2 Å². The van der Waals surface area contributed by atoms with Crippen molar-refractivity contribution < 1.29 is 9.53 Å². The van der Waals surface area contributed by atoms with E-state index in [9.17, 15) is 4.79 Å². The predicted octanol–water partition coefficient (Wildman–Crippen LogP) is 4.87. The normalized spacial score (nSPS) is 14.2. The first-order chi connectivity index (χ1) is 16.7. The van der Waals surface area contributed by atoms with Gasteiger partial charge in [-0.1, -0.05) is 18.2 Å². The van der Waals surface area contributed by atoms with Crippen LogP contribution in [0.15, 0.2) is 72.0 Å². The quantitative estimate of drug-likeness (QED) is 0.411. The minimum absolute atomic E-state index is 0.260. The first kappa shape index (κ1) is 24.2. The molecule has 1 amide bonds. The smallest absolute Gasteiger partial charge is 0.410 e. The minimum atomic E-state index is -0.260. The van der Waals surface area contributed by atoms with Gasteiger partial charge in [-0.15, -0.1) is 11.8 Å². The molecule has 1 aliphatic rings. The van der Waals surface area contributed by atoms with E-state index in [4.69, 9.17) is 4.74 Å². The number of benzene rings is 1. The third-order valence-electron chi connectivity index (χ3n) is 5.95. The maximum absolute atomic E-state index is 12.6. The van der Waals surface area contributed by atoms with Gasteiger partial charge in [0.1, 0.15) is 5.75 Å². The van der Waals surface area contributed by atoms with Crippen LogP contribution in [-0.4, -0.2) is 64.3 Å². The molecule has 178 valence electrons. The zero-order valence-corrected chi connectivity index (χ0v) is 20.5. The Kier molecular flexibility index (Phi) is 8.93. The summed E-state index contributed by atoms with van der Waals surface area (Å²) in [5.41, 5.74) is 3.57. The lowest BCUT2D eigenvalue weighted by Gasteiger charge is -2.34. The van der Waals surface area contributed by atoms with Crippen LogP contribution in [0.4, 0.5) is 4.79 Å². The summed E-state index contributed by atoms with van der Waals surface area (Å²) in [6.45, 7) is 6.24. The number of aryl methyl sites for hydroxylation is 3. The van der Waals surface area contributed by atoms with Crippen LogP contribution in [-0.2, 0) is 12.8 Å². The summed E-state index contributed by atoms with van der Waals surface area (Å²) in [5.74, 6) is 1.60. The van der Waals surface area contributed by atoms with Gasteiger partial charge in [0.25, 0.3) is 0 Å². The van der Waals surface area contributed by atoms with Crippen LogP contribution in [0, 0.1) is 6.92 Å². The lowest BCUT2D eigenvalue weighted by atomic mass is 10.2. The largest absolute Gasteiger partial charge is 0.415 e. The fraction of sp³-hybridized carbons (Fsp3) is 0.370. The van der Waals surface area contributed by atoms with Gasteiger partial charge in [0.05, 0.1) is 0 Å². The van der Waals surface area contributed by atoms with E-state index in [1.165, 1.54) is 16.0 Å². The number of nitrogens with zero attached hydrogens (tertiary/aromatic N) is 4. The molecular weight excluding hydrogens is 444 g/mol. The lowest BCUT2D eigenvalue weighted by Crippen LogP contribution is -2.49. The highest BCUT2D eigenvalue weighted by molar-refractivity contribution is 7.99. The van der Waals surface area contributed by atoms with Crippen LogP contribution in [0.2, 0.25) is 0 Å². The van der Waals surface area contributed by atoms with E-state index in [0.717, 1.165) is 50.3 Å². The van der Waals surface area contributed by atoms with Gasteiger partial charge in [0.2, 0.25) is 0 Å². The Hall–Kier alpha value is -2.90. The first-order valence-electron chi connectivity index (χ1n) is 11.9. The number of aromatic nitrogens is 2. The Labute approximate surface area is 206 Å². The van der Waals surface area contributed by atoms with Crippen molar-refractivity contribution in [2.75, 3.05) is 38.5 Å². The molecule has 1 aliphatic heterocycles. The van der Waals surface area contributed by atoms with Crippen molar-refractivity contribution in [1.82, 2.24) is 19.8 Å². The summed E-state index contributed by atoms with van der Waals surface area (Å²) >= 11 is 1.81. The lowest BCUT2D eigenvalue weighted by molar-refractivity contribution is 0.110. The zero-order valence-electron chi connectivity index (χ0n) is 19.7. The number of thioether (sulfide) groups is 1. The highest BCUT2D eigenvalue weighted by atomic mass is 32.2. The van der Waals surface area contributed by atoms with Crippen molar-refractivity contribution in [2.45, 2.75) is 31.1 Å². The maximum Gasteiger partial charge on any atom is 0.415 e. The van der Waals surface area contributed by atoms with E-state index in [1.54, 1.807) is 4.90 Å². The zero-order chi connectivity index (χ0) is 23.6. The predicted molar refractivity (Wildman–Crippen MR) is 136 cm³/mol. The van der Waals surface area contributed by atoms with Gasteiger partial charge in [-0.25, -0.2) is 4.79 Å². The van der Waals surface area contributed by atoms with Gasteiger partial charge in [0.15, 0.2) is 0 Å². The Morgan fingerprint density at radius 3 is 2.44 bits per heavy atom. The number of amides is 1. The Balaban J connectivity index is 1.13. The molecule has 0 radical (unpaired) electrons. The molecule has 2 aromatic heterocycles. The molecular formula is C27H32N4O2S. The van der Waals surface area contributed by atoms with Gasteiger partial charge >= 0.3 is 6.09 Å². The van der Waals surface area contributed by atoms with E-state index in [1.807, 2.05) is 66.8 Å². The fourth-order valence-electron chi connectivity index (χ4n) is 3.89. The standard InChI is InChI=1S/C27H32N4O2S/c1-22-4-7-24(29-21-22)3-2-15-30-16-18-31(19-17-30)27(32)33-25-8-5-23(6-9-25)12-20-34-26-10-13-28-14-11-26/h4-11,13-14,21H,2-3,12,15-20H2,1H3. The van der Waals surface area contributed by atoms with Crippen LogP contribution < -0.4 is 4.74 Å². The molecule has 3 aromatic rings. The molecule has 0 saturated carbocycles. The molecule has 0 unspecified atom stereocenters. The molecule has 0 atom stereocenters. The molecule has 4 rings (SSSR count). The summed E-state index contributed by atoms with van der Waals surface area (Å²) in [6.07, 6.45) is 8.32. The number of pyridine rings is 2. The number of ether oxygens (including phenoxy) is 1. The summed E-state index contributed by atoms with van der Waals surface area (Å²) in [7, 11) is 0. The van der Waals surface area contributed by atoms with E-state index in [2.05, 4.69) is 33.9 Å². The number of piperazine rings is 1. The Morgan fingerprint density at radius 1 is 0.971 bits per heavy atom. The SMILES string of the molecule is Cc1ccc(CCCN2CCN(C(=O)Oc3ccc(CCSc4ccncc4)cc3)CC2)nc1. The number of carbonyl (C=O) groups is 1. The van der Waals surface area contributed by atoms with Crippen molar-refractivity contribution in [1.29, 1.82) is 0 Å². The third-order valence-corrected chi connectivity index (χ3v) is 6.96. The third kappa shape index (κ3) is 7.57. The average Bonchev–Trinajstić information content (AvgIpc) is 2.87. The first-order valence-corrected chi connectivity index (χ1v) is 12.9. The van der Waals surface area contributed by atoms with Crippen LogP contribution in [0.5, 0.6) is 5.75 Å². The van der Waals surface area contributed by atoms with Crippen LogP contribution in [0.25, 0.3) is 0 Å². The van der Waals surface area contributed by atoms with Crippen molar-refractivity contribution in [3.05, 3.63) is 83.9 Å². The molecule has 1 aromatic carbocycles. The monoisotopic (exact) mass is 476 g/mol. The van der Waals surface area contributed by atoms with Gasteiger partial charge in [-0.05, 0) is 74.2 Å². The second-order valence-electron chi connectivity index (χ2n) is 8.55. The van der Waals surface area contributed by atoms with Crippen molar-refractivity contribution >= 4 is 17.9 Å². The number of hydrogen-bond acceptors (Lipinski definition) is 6. The maximum atomic E-state index is 12.6. The fourth-order valence-corrected chi connectivity index (χ4v) is 4.78. The van der Waals surface area contributed by atoms with E-state index in [0.29, 0.717) is 18.8 Å². The average molecular weight is 477 g/mol. The van der Waals surface area contributed by atoms with Gasteiger partial charge < -0.3 is 9.64 Å². The van der Waals surface area contributed by atoms with Crippen LogP contribution >= 0.6 is 11.8 Å². The number of rotatable bonds is 9. The molecule has 3 heterocycles. The van der Waals surface area contributed by atoms with Crippen molar-refractivity contribution in [3.8, 4) is 5.75 Å². The molecule has 6 nitrogen and oxygen atoms in total. The summed E-state index contributed by atoms with van der Waals surface area (Å²) in [6, 6.07) is 16.1. The number of hydrogen-bond donors (Lipinski definition) is 0.